The van der Waals surface area contributed by atoms with Gasteiger partial charge in [0.25, 0.3) is 0 Å². The van der Waals surface area contributed by atoms with Crippen molar-refractivity contribution in [2.75, 3.05) is 0 Å². The number of thiophene rings is 1. The van der Waals surface area contributed by atoms with Gasteiger partial charge >= 0.3 is 0 Å². The van der Waals surface area contributed by atoms with E-state index in [-0.39, 0.29) is 0 Å². The van der Waals surface area contributed by atoms with Crippen LogP contribution < -0.4 is 0 Å². The standard InChI is InChI=1S/C69H40N4O2S/c1-3-14-41(15-4-1)42-26-28-43(29-27-42)67-70-68(46-30-33-51-50-19-8-11-23-60(50)75-63(51)40-46)72-69(71-67)53-21-13-24-62-65(53)57-36-44(32-35-61(57)74-62)47-38-54(66-56(39-47)52-20-9-12-25-64(52)76-66)45-31-34-59-55(37-45)49-18-7-10-22-58(49)73(59)48-16-5-2-6-17-48/h1-40H. The van der Waals surface area contributed by atoms with Crippen LogP contribution in [0, 0.1) is 0 Å². The van der Waals surface area contributed by atoms with Crippen LogP contribution in [0.5, 0.6) is 0 Å². The summed E-state index contributed by atoms with van der Waals surface area (Å²) in [5, 5.41) is 8.97. The van der Waals surface area contributed by atoms with Crippen LogP contribution in [0.25, 0.3) is 159 Å². The molecule has 0 radical (unpaired) electrons. The maximum atomic E-state index is 6.70. The Bertz CT molecular complexity index is 4990. The second-order valence-corrected chi connectivity index (χ2v) is 20.5. The molecular weight excluding hydrogens is 949 g/mol. The SMILES string of the molecule is c1ccc(-c2ccc(-c3nc(-c4ccc5c(c4)oc4ccccc45)nc(-c4cccc5oc6ccc(-c7cc(-c8ccc9c(c8)c8ccccc8n9-c8ccccc8)c8sc9ccccc9c8c7)cc6c45)n3)cc2)cc1. The van der Waals surface area contributed by atoms with E-state index in [4.69, 9.17) is 23.8 Å². The van der Waals surface area contributed by atoms with E-state index in [0.29, 0.717) is 17.5 Å². The molecule has 0 N–H and O–H groups in total. The molecule has 0 atom stereocenters. The summed E-state index contributed by atoms with van der Waals surface area (Å²) < 4.78 is 18.0. The molecule has 0 fully saturated rings. The highest BCUT2D eigenvalue weighted by molar-refractivity contribution is 7.26. The molecule has 11 aromatic carbocycles. The van der Waals surface area contributed by atoms with Gasteiger partial charge in [-0.2, -0.15) is 0 Å². The zero-order valence-electron chi connectivity index (χ0n) is 40.6. The molecular formula is C69H40N4O2S. The molecule has 0 unspecified atom stereocenters. The summed E-state index contributed by atoms with van der Waals surface area (Å²) in [6.45, 7) is 0. The highest BCUT2D eigenvalue weighted by atomic mass is 32.1. The van der Waals surface area contributed by atoms with Crippen molar-refractivity contribution in [3.8, 4) is 73.2 Å². The van der Waals surface area contributed by atoms with E-state index in [2.05, 4.69) is 205 Å². The van der Waals surface area contributed by atoms with Crippen LogP contribution in [-0.4, -0.2) is 19.5 Å². The fourth-order valence-electron chi connectivity index (χ4n) is 11.5. The van der Waals surface area contributed by atoms with E-state index < -0.39 is 0 Å². The van der Waals surface area contributed by atoms with Gasteiger partial charge in [0.15, 0.2) is 17.5 Å². The first-order valence-electron chi connectivity index (χ1n) is 25.5. The molecule has 0 spiro atoms. The zero-order chi connectivity index (χ0) is 49.8. The molecule has 354 valence electrons. The van der Waals surface area contributed by atoms with Crippen molar-refractivity contribution in [2.24, 2.45) is 0 Å². The van der Waals surface area contributed by atoms with E-state index in [0.717, 1.165) is 88.5 Å². The van der Waals surface area contributed by atoms with Crippen LogP contribution >= 0.6 is 11.3 Å². The fraction of sp³-hybridized carbons (Fsp3) is 0. The molecule has 5 aromatic heterocycles. The van der Waals surface area contributed by atoms with E-state index in [1.807, 2.05) is 53.8 Å². The number of hydrogen-bond acceptors (Lipinski definition) is 6. The number of nitrogens with zero attached hydrogens (tertiary/aromatic N) is 4. The molecule has 0 saturated heterocycles. The van der Waals surface area contributed by atoms with Crippen molar-refractivity contribution in [3.63, 3.8) is 0 Å². The summed E-state index contributed by atoms with van der Waals surface area (Å²) in [7, 11) is 0. The van der Waals surface area contributed by atoms with Gasteiger partial charge in [-0.05, 0) is 113 Å². The Morgan fingerprint density at radius 2 is 0.895 bits per heavy atom. The number of rotatable bonds is 7. The Hall–Kier alpha value is -9.95. The molecule has 0 aliphatic rings. The highest BCUT2D eigenvalue weighted by Crippen LogP contribution is 2.46. The number of aromatic nitrogens is 4. The van der Waals surface area contributed by atoms with Gasteiger partial charge in [-0.15, -0.1) is 11.3 Å². The van der Waals surface area contributed by atoms with Gasteiger partial charge in [0, 0.05) is 80.4 Å². The normalized spacial score (nSPS) is 11.9. The van der Waals surface area contributed by atoms with Crippen molar-refractivity contribution in [3.05, 3.63) is 243 Å². The van der Waals surface area contributed by atoms with Gasteiger partial charge in [0.2, 0.25) is 0 Å². The molecule has 6 nitrogen and oxygen atoms in total. The van der Waals surface area contributed by atoms with Crippen molar-refractivity contribution in [1.29, 1.82) is 0 Å². The highest BCUT2D eigenvalue weighted by Gasteiger charge is 2.22. The average molecular weight is 989 g/mol. The molecule has 7 heteroatoms. The third-order valence-corrected chi connectivity index (χ3v) is 16.3. The summed E-state index contributed by atoms with van der Waals surface area (Å²) in [6, 6.07) is 85.8. The lowest BCUT2D eigenvalue weighted by Gasteiger charge is -2.11. The van der Waals surface area contributed by atoms with Crippen LogP contribution in [0.1, 0.15) is 0 Å². The maximum Gasteiger partial charge on any atom is 0.164 e. The third-order valence-electron chi connectivity index (χ3n) is 15.1. The molecule has 0 amide bonds. The number of furan rings is 2. The topological polar surface area (TPSA) is 69.9 Å². The van der Waals surface area contributed by atoms with Gasteiger partial charge in [0.05, 0.1) is 11.0 Å². The largest absolute Gasteiger partial charge is 0.456 e. The molecule has 16 aromatic rings. The number of para-hydroxylation sites is 3. The van der Waals surface area contributed by atoms with Crippen LogP contribution in [-0.2, 0) is 0 Å². The Morgan fingerprint density at radius 3 is 1.76 bits per heavy atom. The van der Waals surface area contributed by atoms with Gasteiger partial charge in [-0.1, -0.05) is 158 Å². The summed E-state index contributed by atoms with van der Waals surface area (Å²) in [4.78, 5) is 15.8. The van der Waals surface area contributed by atoms with Gasteiger partial charge in [-0.3, -0.25) is 0 Å². The summed E-state index contributed by atoms with van der Waals surface area (Å²) >= 11 is 1.86. The quantitative estimate of drug-likeness (QED) is 0.159. The maximum absolute atomic E-state index is 6.70. The smallest absolute Gasteiger partial charge is 0.164 e. The van der Waals surface area contributed by atoms with Crippen molar-refractivity contribution >= 4 is 97.2 Å². The lowest BCUT2D eigenvalue weighted by Crippen LogP contribution is -2.00. The first kappa shape index (κ1) is 42.5. The van der Waals surface area contributed by atoms with Crippen molar-refractivity contribution in [2.45, 2.75) is 0 Å². The second-order valence-electron chi connectivity index (χ2n) is 19.5. The Balaban J connectivity index is 0.873. The van der Waals surface area contributed by atoms with Crippen LogP contribution in [0.15, 0.2) is 251 Å². The van der Waals surface area contributed by atoms with Crippen LogP contribution in [0.3, 0.4) is 0 Å². The zero-order valence-corrected chi connectivity index (χ0v) is 41.4. The summed E-state index contributed by atoms with van der Waals surface area (Å²) in [6.07, 6.45) is 0. The Kier molecular flexibility index (Phi) is 9.40. The summed E-state index contributed by atoms with van der Waals surface area (Å²) in [5.41, 5.74) is 16.1. The van der Waals surface area contributed by atoms with E-state index in [9.17, 15) is 0 Å². The van der Waals surface area contributed by atoms with Gasteiger partial charge in [-0.25, -0.2) is 15.0 Å². The molecule has 5 heterocycles. The lowest BCUT2D eigenvalue weighted by atomic mass is 9.94. The fourth-order valence-corrected chi connectivity index (χ4v) is 12.7. The first-order chi connectivity index (χ1) is 37.6. The first-order valence-corrected chi connectivity index (χ1v) is 26.3. The lowest BCUT2D eigenvalue weighted by molar-refractivity contribution is 0.668. The Morgan fingerprint density at radius 1 is 0.303 bits per heavy atom. The Labute approximate surface area is 439 Å². The van der Waals surface area contributed by atoms with Crippen LogP contribution in [0.4, 0.5) is 0 Å². The number of fused-ring (bicyclic) bond motifs is 12. The average Bonchev–Trinajstić information content (AvgIpc) is 4.29. The number of benzene rings is 11. The minimum atomic E-state index is 0.548. The summed E-state index contributed by atoms with van der Waals surface area (Å²) in [5.74, 6) is 1.67. The van der Waals surface area contributed by atoms with E-state index in [1.54, 1.807) is 0 Å². The second kappa shape index (κ2) is 16.8. The van der Waals surface area contributed by atoms with Crippen LogP contribution in [0.2, 0.25) is 0 Å². The van der Waals surface area contributed by atoms with Gasteiger partial charge < -0.3 is 13.4 Å². The molecule has 76 heavy (non-hydrogen) atoms. The molecule has 0 saturated carbocycles. The van der Waals surface area contributed by atoms with Crippen molar-refractivity contribution in [1.82, 2.24) is 19.5 Å². The molecule has 0 bridgehead atoms. The molecule has 0 aliphatic heterocycles. The molecule has 16 rings (SSSR count). The minimum absolute atomic E-state index is 0.548. The van der Waals surface area contributed by atoms with E-state index >= 15 is 0 Å². The van der Waals surface area contributed by atoms with Gasteiger partial charge in [0.1, 0.15) is 22.3 Å². The van der Waals surface area contributed by atoms with Crippen molar-refractivity contribution < 1.29 is 8.83 Å². The molecule has 0 aliphatic carbocycles. The monoisotopic (exact) mass is 988 g/mol. The predicted molar refractivity (Wildman–Crippen MR) is 314 cm³/mol. The van der Waals surface area contributed by atoms with E-state index in [1.165, 1.54) is 53.1 Å². The predicted octanol–water partition coefficient (Wildman–Crippen LogP) is 19.1. The minimum Gasteiger partial charge on any atom is -0.456 e. The third kappa shape index (κ3) is 6.76. The number of hydrogen-bond donors (Lipinski definition) is 0.